The maximum absolute atomic E-state index is 13.1. The van der Waals surface area contributed by atoms with Crippen molar-refractivity contribution in [3.63, 3.8) is 0 Å². The number of carbonyl (C=O) groups is 1. The normalized spacial score (nSPS) is 16.6. The van der Waals surface area contributed by atoms with Crippen LogP contribution in [0.5, 0.6) is 11.5 Å². The molecular weight excluding hydrogens is 478 g/mol. The number of rotatable bonds is 3. The van der Waals surface area contributed by atoms with Gasteiger partial charge in [0, 0.05) is 22.6 Å². The van der Waals surface area contributed by atoms with E-state index in [4.69, 9.17) is 21.1 Å². The quantitative estimate of drug-likeness (QED) is 0.395. The van der Waals surface area contributed by atoms with Crippen LogP contribution >= 0.6 is 27.5 Å². The Morgan fingerprint density at radius 1 is 1.16 bits per heavy atom. The maximum Gasteiger partial charge on any atom is 0.232 e. The van der Waals surface area contributed by atoms with Gasteiger partial charge in [0.05, 0.1) is 11.1 Å². The van der Waals surface area contributed by atoms with Crippen molar-refractivity contribution < 1.29 is 14.3 Å². The number of Topliss-reactive ketones (excluding diaryl/α,β-unsaturated/α-hetero) is 1. The molecule has 0 bridgehead atoms. The van der Waals surface area contributed by atoms with Gasteiger partial charge in [0.2, 0.25) is 5.78 Å². The predicted octanol–water partition coefficient (Wildman–Crippen LogP) is 6.38. The van der Waals surface area contributed by atoms with Crippen molar-refractivity contribution >= 4 is 39.4 Å². The van der Waals surface area contributed by atoms with Crippen LogP contribution in [-0.2, 0) is 13.1 Å². The number of ether oxygens (including phenoxy) is 2. The Morgan fingerprint density at radius 3 is 2.71 bits per heavy atom. The number of hydrogen-bond donors (Lipinski definition) is 0. The van der Waals surface area contributed by atoms with Gasteiger partial charge in [-0.25, -0.2) is 0 Å². The van der Waals surface area contributed by atoms with Gasteiger partial charge in [-0.3, -0.25) is 9.69 Å². The molecule has 2 aliphatic rings. The molecule has 5 rings (SSSR count). The SMILES string of the molecule is Cc1cc2c(c3c1C(=O)/C(=C/c1ccc(Br)cc1)O3)CN(Cc1ccccc1Cl)CO2. The number of ketones is 1. The van der Waals surface area contributed by atoms with E-state index in [1.165, 1.54) is 0 Å². The van der Waals surface area contributed by atoms with Gasteiger partial charge in [0.15, 0.2) is 5.76 Å². The summed E-state index contributed by atoms with van der Waals surface area (Å²) in [6.07, 6.45) is 1.78. The minimum Gasteiger partial charge on any atom is -0.478 e. The van der Waals surface area contributed by atoms with Crippen LogP contribution < -0.4 is 9.47 Å². The van der Waals surface area contributed by atoms with Crippen LogP contribution in [0.3, 0.4) is 0 Å². The van der Waals surface area contributed by atoms with Crippen molar-refractivity contribution in [2.45, 2.75) is 20.0 Å². The Bertz CT molecular complexity index is 1220. The average Bonchev–Trinajstić information content (AvgIpc) is 3.09. The summed E-state index contributed by atoms with van der Waals surface area (Å²) in [7, 11) is 0. The molecule has 156 valence electrons. The molecule has 0 aromatic heterocycles. The van der Waals surface area contributed by atoms with E-state index in [0.717, 1.165) is 37.5 Å². The van der Waals surface area contributed by atoms with Crippen LogP contribution in [0.25, 0.3) is 6.08 Å². The summed E-state index contributed by atoms with van der Waals surface area (Å²) >= 11 is 9.77. The van der Waals surface area contributed by atoms with Crippen LogP contribution in [0.4, 0.5) is 0 Å². The first kappa shape index (κ1) is 20.3. The lowest BCUT2D eigenvalue weighted by molar-refractivity contribution is 0.0872. The molecule has 6 heteroatoms. The van der Waals surface area contributed by atoms with Crippen LogP contribution in [0.15, 0.2) is 64.8 Å². The lowest BCUT2D eigenvalue weighted by Crippen LogP contribution is -2.32. The molecule has 0 atom stereocenters. The molecular formula is C25H19BrClNO3. The van der Waals surface area contributed by atoms with E-state index in [9.17, 15) is 4.79 Å². The molecule has 0 fully saturated rings. The lowest BCUT2D eigenvalue weighted by atomic mass is 9.98. The van der Waals surface area contributed by atoms with Gasteiger partial charge < -0.3 is 9.47 Å². The van der Waals surface area contributed by atoms with Gasteiger partial charge in [0.1, 0.15) is 18.2 Å². The number of nitrogens with zero attached hydrogens (tertiary/aromatic N) is 1. The van der Waals surface area contributed by atoms with Crippen LogP contribution in [0, 0.1) is 6.92 Å². The second-order valence-corrected chi connectivity index (χ2v) is 9.04. The third-order valence-corrected chi connectivity index (χ3v) is 6.40. The standard InChI is InChI=1S/C25H19BrClNO3/c1-15-10-21-19(13-28(14-30-21)12-17-4-2-3-5-20(17)27)25-23(15)24(29)22(31-25)11-16-6-8-18(26)9-7-16/h2-11H,12-14H2,1H3/b22-11-. The Morgan fingerprint density at radius 2 is 1.94 bits per heavy atom. The number of aryl methyl sites for hydroxylation is 1. The second kappa shape index (κ2) is 8.15. The second-order valence-electron chi connectivity index (χ2n) is 7.72. The van der Waals surface area contributed by atoms with E-state index in [1.807, 2.05) is 61.5 Å². The fourth-order valence-electron chi connectivity index (χ4n) is 3.96. The van der Waals surface area contributed by atoms with Crippen molar-refractivity contribution in [2.24, 2.45) is 0 Å². The highest BCUT2D eigenvalue weighted by Crippen LogP contribution is 2.44. The molecule has 4 nitrogen and oxygen atoms in total. The smallest absolute Gasteiger partial charge is 0.232 e. The van der Waals surface area contributed by atoms with Crippen LogP contribution in [0.1, 0.15) is 32.6 Å². The Hall–Kier alpha value is -2.60. The molecule has 0 unspecified atom stereocenters. The topological polar surface area (TPSA) is 38.8 Å². The van der Waals surface area contributed by atoms with Crippen molar-refractivity contribution in [3.8, 4) is 11.5 Å². The molecule has 0 aliphatic carbocycles. The van der Waals surface area contributed by atoms with Gasteiger partial charge in [0.25, 0.3) is 0 Å². The number of hydrogen-bond acceptors (Lipinski definition) is 4. The summed E-state index contributed by atoms with van der Waals surface area (Å²) in [5.74, 6) is 1.61. The number of allylic oxidation sites excluding steroid dienone is 1. The Balaban J connectivity index is 1.47. The van der Waals surface area contributed by atoms with E-state index in [0.29, 0.717) is 36.9 Å². The molecule has 3 aromatic carbocycles. The van der Waals surface area contributed by atoms with E-state index >= 15 is 0 Å². The maximum atomic E-state index is 13.1. The highest BCUT2D eigenvalue weighted by atomic mass is 79.9. The van der Waals surface area contributed by atoms with Crippen molar-refractivity contribution in [2.75, 3.05) is 6.73 Å². The molecule has 0 N–H and O–H groups in total. The first-order valence-electron chi connectivity index (χ1n) is 9.94. The Kier molecular flexibility index (Phi) is 5.34. The number of carbonyl (C=O) groups excluding carboxylic acids is 1. The zero-order valence-corrected chi connectivity index (χ0v) is 19.2. The van der Waals surface area contributed by atoms with Crippen molar-refractivity contribution in [1.82, 2.24) is 4.90 Å². The molecule has 0 amide bonds. The molecule has 31 heavy (non-hydrogen) atoms. The van der Waals surface area contributed by atoms with E-state index in [1.54, 1.807) is 6.08 Å². The summed E-state index contributed by atoms with van der Waals surface area (Å²) in [5, 5.41) is 0.730. The number of benzene rings is 3. The average molecular weight is 497 g/mol. The van der Waals surface area contributed by atoms with Crippen molar-refractivity contribution in [1.29, 1.82) is 0 Å². The monoisotopic (exact) mass is 495 g/mol. The van der Waals surface area contributed by atoms with Gasteiger partial charge in [-0.05, 0) is 54.0 Å². The number of fused-ring (bicyclic) bond motifs is 3. The van der Waals surface area contributed by atoms with Gasteiger partial charge >= 0.3 is 0 Å². The van der Waals surface area contributed by atoms with Crippen molar-refractivity contribution in [3.05, 3.63) is 97.7 Å². The molecule has 0 spiro atoms. The van der Waals surface area contributed by atoms with E-state index in [-0.39, 0.29) is 5.78 Å². The third kappa shape index (κ3) is 3.89. The molecule has 0 saturated carbocycles. The Labute approximate surface area is 194 Å². The third-order valence-electron chi connectivity index (χ3n) is 5.51. The minimum absolute atomic E-state index is 0.0959. The van der Waals surface area contributed by atoms with Gasteiger partial charge in [-0.15, -0.1) is 0 Å². The zero-order chi connectivity index (χ0) is 21.5. The first-order valence-corrected chi connectivity index (χ1v) is 11.1. The minimum atomic E-state index is -0.0959. The van der Waals surface area contributed by atoms with Gasteiger partial charge in [-0.2, -0.15) is 0 Å². The summed E-state index contributed by atoms with van der Waals surface area (Å²) in [5.41, 5.74) is 4.31. The van der Waals surface area contributed by atoms with E-state index < -0.39 is 0 Å². The van der Waals surface area contributed by atoms with Gasteiger partial charge in [-0.1, -0.05) is 57.9 Å². The zero-order valence-electron chi connectivity index (χ0n) is 16.8. The molecule has 2 heterocycles. The summed E-state index contributed by atoms with van der Waals surface area (Å²) < 4.78 is 13.1. The van der Waals surface area contributed by atoms with Crippen LogP contribution in [0.2, 0.25) is 5.02 Å². The fourth-order valence-corrected chi connectivity index (χ4v) is 4.41. The molecule has 2 aliphatic heterocycles. The molecule has 0 saturated heterocycles. The van der Waals surface area contributed by atoms with Crippen LogP contribution in [-0.4, -0.2) is 17.4 Å². The summed E-state index contributed by atoms with van der Waals surface area (Å²) in [4.78, 5) is 15.3. The number of halogens is 2. The lowest BCUT2D eigenvalue weighted by Gasteiger charge is -2.30. The summed E-state index contributed by atoms with van der Waals surface area (Å²) in [6.45, 7) is 3.63. The summed E-state index contributed by atoms with van der Waals surface area (Å²) in [6, 6.07) is 17.5. The largest absolute Gasteiger partial charge is 0.478 e. The highest BCUT2D eigenvalue weighted by Gasteiger charge is 2.35. The molecule has 3 aromatic rings. The van der Waals surface area contributed by atoms with E-state index in [2.05, 4.69) is 20.8 Å². The first-order chi connectivity index (χ1) is 15.0. The predicted molar refractivity (Wildman–Crippen MR) is 124 cm³/mol. The highest BCUT2D eigenvalue weighted by molar-refractivity contribution is 9.10. The molecule has 0 radical (unpaired) electrons. The fraction of sp³-hybridized carbons (Fsp3) is 0.160.